The zero-order valence-corrected chi connectivity index (χ0v) is 7.53. The summed E-state index contributed by atoms with van der Waals surface area (Å²) in [7, 11) is 0. The summed E-state index contributed by atoms with van der Waals surface area (Å²) in [5.74, 6) is -2.21. The monoisotopic (exact) mass is 194 g/mol. The summed E-state index contributed by atoms with van der Waals surface area (Å²) in [6, 6.07) is 0. The van der Waals surface area contributed by atoms with Crippen LogP contribution in [0, 0.1) is 11.8 Å². The molecule has 0 bridgehead atoms. The third-order valence-corrected chi connectivity index (χ3v) is 2.52. The summed E-state index contributed by atoms with van der Waals surface area (Å²) in [5, 5.41) is 0. The van der Waals surface area contributed by atoms with Gasteiger partial charge in [0.25, 0.3) is 0 Å². The van der Waals surface area contributed by atoms with Gasteiger partial charge in [0.15, 0.2) is 0 Å². The molecule has 1 rings (SSSR count). The third-order valence-electron chi connectivity index (χ3n) is 2.52. The Bertz CT molecular complexity index is 198. The molecule has 0 aromatic heterocycles. The molecule has 76 valence electrons. The van der Waals surface area contributed by atoms with E-state index >= 15 is 0 Å². The normalized spacial score (nSPS) is 31.5. The predicted octanol–water partition coefficient (Wildman–Crippen LogP) is 2.94. The van der Waals surface area contributed by atoms with Crippen molar-refractivity contribution in [2.24, 2.45) is 11.8 Å². The molecule has 4 heteroatoms. The molecule has 1 aliphatic rings. The second kappa shape index (κ2) is 3.68. The van der Waals surface area contributed by atoms with Crippen LogP contribution in [0.1, 0.15) is 32.6 Å². The first-order valence-corrected chi connectivity index (χ1v) is 4.50. The predicted molar refractivity (Wildman–Crippen MR) is 42.2 cm³/mol. The van der Waals surface area contributed by atoms with Crippen LogP contribution < -0.4 is 0 Å². The molecule has 0 amide bonds. The summed E-state index contributed by atoms with van der Waals surface area (Å²) >= 11 is 0. The highest BCUT2D eigenvalue weighted by Gasteiger charge is 2.44. The Morgan fingerprint density at radius 2 is 1.92 bits per heavy atom. The molecule has 0 saturated heterocycles. The Morgan fingerprint density at radius 1 is 1.31 bits per heavy atom. The van der Waals surface area contributed by atoms with E-state index in [2.05, 4.69) is 0 Å². The fourth-order valence-electron chi connectivity index (χ4n) is 1.77. The van der Waals surface area contributed by atoms with Gasteiger partial charge in [0.05, 0.1) is 0 Å². The van der Waals surface area contributed by atoms with Crippen LogP contribution in [0.2, 0.25) is 0 Å². The van der Waals surface area contributed by atoms with E-state index in [1.54, 1.807) is 0 Å². The zero-order valence-electron chi connectivity index (χ0n) is 7.53. The van der Waals surface area contributed by atoms with Gasteiger partial charge in [-0.25, -0.2) is 0 Å². The van der Waals surface area contributed by atoms with Crippen molar-refractivity contribution >= 4 is 5.78 Å². The molecule has 0 radical (unpaired) electrons. The fourth-order valence-corrected chi connectivity index (χ4v) is 1.77. The lowest BCUT2D eigenvalue weighted by Gasteiger charge is -2.16. The van der Waals surface area contributed by atoms with E-state index in [-0.39, 0.29) is 18.8 Å². The van der Waals surface area contributed by atoms with E-state index in [9.17, 15) is 18.0 Å². The number of alkyl halides is 3. The van der Waals surface area contributed by atoms with E-state index in [0.29, 0.717) is 6.42 Å². The number of ketones is 1. The van der Waals surface area contributed by atoms with Crippen LogP contribution in [-0.2, 0) is 4.79 Å². The molecule has 13 heavy (non-hydrogen) atoms. The molecule has 0 N–H and O–H groups in total. The van der Waals surface area contributed by atoms with Crippen molar-refractivity contribution in [3.63, 3.8) is 0 Å². The summed E-state index contributed by atoms with van der Waals surface area (Å²) in [6.45, 7) is 1.83. The van der Waals surface area contributed by atoms with E-state index in [1.807, 2.05) is 6.92 Å². The number of hydrogen-bond donors (Lipinski definition) is 0. The molecule has 0 aliphatic heterocycles. The van der Waals surface area contributed by atoms with Gasteiger partial charge < -0.3 is 0 Å². The first-order valence-electron chi connectivity index (χ1n) is 4.50. The highest BCUT2D eigenvalue weighted by atomic mass is 19.4. The first kappa shape index (κ1) is 10.5. The SMILES string of the molecule is CC1CCCC(C(F)(F)F)C(=O)C1. The summed E-state index contributed by atoms with van der Waals surface area (Å²) in [4.78, 5) is 11.2. The molecular formula is C9H13F3O. The summed E-state index contributed by atoms with van der Waals surface area (Å²) in [6.07, 6.45) is -3.02. The Balaban J connectivity index is 2.69. The molecule has 2 unspecified atom stereocenters. The Morgan fingerprint density at radius 3 is 2.46 bits per heavy atom. The van der Waals surface area contributed by atoms with Crippen molar-refractivity contribution in [2.75, 3.05) is 0 Å². The number of Topliss-reactive ketones (excluding diaryl/α,β-unsaturated/α-hetero) is 1. The highest BCUT2D eigenvalue weighted by Crippen LogP contribution is 2.35. The smallest absolute Gasteiger partial charge is 0.299 e. The summed E-state index contributed by atoms with van der Waals surface area (Å²) in [5.41, 5.74) is 0. The maximum absolute atomic E-state index is 12.3. The number of carbonyl (C=O) groups excluding carboxylic acids is 1. The van der Waals surface area contributed by atoms with Crippen LogP contribution >= 0.6 is 0 Å². The Labute approximate surface area is 75.3 Å². The third kappa shape index (κ3) is 2.71. The Hall–Kier alpha value is -0.540. The average Bonchev–Trinajstić information content (AvgIpc) is 2.08. The average molecular weight is 194 g/mol. The second-order valence-electron chi connectivity index (χ2n) is 3.80. The van der Waals surface area contributed by atoms with Crippen LogP contribution in [0.15, 0.2) is 0 Å². The van der Waals surface area contributed by atoms with Crippen molar-refractivity contribution in [3.8, 4) is 0 Å². The Kier molecular flexibility index (Phi) is 2.98. The van der Waals surface area contributed by atoms with E-state index < -0.39 is 17.9 Å². The van der Waals surface area contributed by atoms with Crippen LogP contribution in [0.25, 0.3) is 0 Å². The standard InChI is InChI=1S/C9H13F3O/c1-6-3-2-4-7(8(13)5-6)9(10,11)12/h6-7H,2-5H2,1H3. The quantitative estimate of drug-likeness (QED) is 0.542. The van der Waals surface area contributed by atoms with Crippen LogP contribution in [0.4, 0.5) is 13.2 Å². The maximum atomic E-state index is 12.3. The van der Waals surface area contributed by atoms with Gasteiger partial charge in [-0.15, -0.1) is 0 Å². The number of carbonyl (C=O) groups is 1. The molecule has 1 aliphatic carbocycles. The molecule has 1 fully saturated rings. The fraction of sp³-hybridized carbons (Fsp3) is 0.889. The lowest BCUT2D eigenvalue weighted by molar-refractivity contribution is -0.182. The number of hydrogen-bond acceptors (Lipinski definition) is 1. The van der Waals surface area contributed by atoms with Gasteiger partial charge in [0.2, 0.25) is 0 Å². The molecule has 1 nitrogen and oxygen atoms in total. The lowest BCUT2D eigenvalue weighted by Crippen LogP contribution is -2.30. The van der Waals surface area contributed by atoms with Gasteiger partial charge in [-0.2, -0.15) is 13.2 Å². The largest absolute Gasteiger partial charge is 0.398 e. The van der Waals surface area contributed by atoms with E-state index in [1.165, 1.54) is 0 Å². The van der Waals surface area contributed by atoms with Crippen molar-refractivity contribution in [1.82, 2.24) is 0 Å². The number of rotatable bonds is 0. The van der Waals surface area contributed by atoms with Gasteiger partial charge in [-0.1, -0.05) is 19.8 Å². The van der Waals surface area contributed by atoms with Crippen LogP contribution in [0.5, 0.6) is 0 Å². The first-order chi connectivity index (χ1) is 5.91. The van der Waals surface area contributed by atoms with Crippen molar-refractivity contribution in [3.05, 3.63) is 0 Å². The van der Waals surface area contributed by atoms with Crippen molar-refractivity contribution in [1.29, 1.82) is 0 Å². The lowest BCUT2D eigenvalue weighted by atomic mass is 9.97. The van der Waals surface area contributed by atoms with Crippen LogP contribution in [0.3, 0.4) is 0 Å². The van der Waals surface area contributed by atoms with Gasteiger partial charge >= 0.3 is 6.18 Å². The zero-order chi connectivity index (χ0) is 10.1. The molecule has 0 heterocycles. The van der Waals surface area contributed by atoms with Gasteiger partial charge in [0, 0.05) is 6.42 Å². The van der Waals surface area contributed by atoms with Gasteiger partial charge in [0.1, 0.15) is 11.7 Å². The van der Waals surface area contributed by atoms with Gasteiger partial charge in [-0.05, 0) is 12.3 Å². The minimum Gasteiger partial charge on any atom is -0.299 e. The molecular weight excluding hydrogens is 181 g/mol. The second-order valence-corrected chi connectivity index (χ2v) is 3.80. The topological polar surface area (TPSA) is 17.1 Å². The van der Waals surface area contributed by atoms with Gasteiger partial charge in [-0.3, -0.25) is 4.79 Å². The molecule has 0 aromatic carbocycles. The molecule has 2 atom stereocenters. The number of halogens is 3. The molecule has 0 aromatic rings. The van der Waals surface area contributed by atoms with Crippen LogP contribution in [-0.4, -0.2) is 12.0 Å². The van der Waals surface area contributed by atoms with E-state index in [0.717, 1.165) is 6.42 Å². The summed E-state index contributed by atoms with van der Waals surface area (Å²) < 4.78 is 36.8. The van der Waals surface area contributed by atoms with Crippen molar-refractivity contribution in [2.45, 2.75) is 38.8 Å². The molecule has 0 spiro atoms. The molecule has 1 saturated carbocycles. The highest BCUT2D eigenvalue weighted by molar-refractivity contribution is 5.82. The maximum Gasteiger partial charge on any atom is 0.398 e. The minimum atomic E-state index is -4.33. The van der Waals surface area contributed by atoms with Crippen molar-refractivity contribution < 1.29 is 18.0 Å². The van der Waals surface area contributed by atoms with E-state index in [4.69, 9.17) is 0 Å². The minimum absolute atomic E-state index is 0.0212.